The Hall–Kier alpha value is -1.77. The van der Waals surface area contributed by atoms with E-state index in [1.165, 1.54) is 6.92 Å². The van der Waals surface area contributed by atoms with Gasteiger partial charge in [0.25, 0.3) is 0 Å². The summed E-state index contributed by atoms with van der Waals surface area (Å²) in [5, 5.41) is 0. The Balaban J connectivity index is 3.38. The van der Waals surface area contributed by atoms with E-state index >= 15 is 0 Å². The Morgan fingerprint density at radius 3 is 1.95 bits per heavy atom. The molecule has 0 N–H and O–H groups in total. The molecule has 1 aromatic carbocycles. The van der Waals surface area contributed by atoms with Crippen LogP contribution in [0.3, 0.4) is 0 Å². The standard InChI is InChI=1S/C17H22O3/c1-10(2)15(19)13-8-7-12(9-14(13)11(3)18)16(20)17(4,5)6/h7-10H,1-6H3. The van der Waals surface area contributed by atoms with Crippen molar-refractivity contribution in [3.8, 4) is 0 Å². The van der Waals surface area contributed by atoms with Crippen LogP contribution in [0.4, 0.5) is 0 Å². The van der Waals surface area contributed by atoms with Gasteiger partial charge in [-0.2, -0.15) is 0 Å². The molecule has 0 saturated heterocycles. The third kappa shape index (κ3) is 3.41. The molecule has 0 fully saturated rings. The summed E-state index contributed by atoms with van der Waals surface area (Å²) in [6.07, 6.45) is 0. The fraction of sp³-hybridized carbons (Fsp3) is 0.471. The molecule has 1 aromatic rings. The summed E-state index contributed by atoms with van der Waals surface area (Å²) >= 11 is 0. The van der Waals surface area contributed by atoms with Crippen LogP contribution >= 0.6 is 0 Å². The van der Waals surface area contributed by atoms with E-state index in [1.54, 1.807) is 32.0 Å². The monoisotopic (exact) mass is 274 g/mol. The van der Waals surface area contributed by atoms with Gasteiger partial charge >= 0.3 is 0 Å². The summed E-state index contributed by atoms with van der Waals surface area (Å²) in [4.78, 5) is 36.1. The Labute approximate surface area is 120 Å². The van der Waals surface area contributed by atoms with Crippen molar-refractivity contribution in [3.63, 3.8) is 0 Å². The largest absolute Gasteiger partial charge is 0.294 e. The van der Waals surface area contributed by atoms with Crippen molar-refractivity contribution in [2.75, 3.05) is 0 Å². The molecule has 1 rings (SSSR count). The van der Waals surface area contributed by atoms with Crippen molar-refractivity contribution < 1.29 is 14.4 Å². The molecule has 3 heteroatoms. The van der Waals surface area contributed by atoms with Crippen molar-refractivity contribution in [3.05, 3.63) is 34.9 Å². The molecule has 108 valence electrons. The molecule has 0 radical (unpaired) electrons. The third-order valence-corrected chi connectivity index (χ3v) is 3.13. The number of carbonyl (C=O) groups excluding carboxylic acids is 3. The zero-order chi connectivity index (χ0) is 15.7. The molecule has 0 atom stereocenters. The lowest BCUT2D eigenvalue weighted by Crippen LogP contribution is -2.21. The highest BCUT2D eigenvalue weighted by molar-refractivity contribution is 6.10. The van der Waals surface area contributed by atoms with Crippen molar-refractivity contribution >= 4 is 17.3 Å². The first-order valence-electron chi connectivity index (χ1n) is 6.79. The van der Waals surface area contributed by atoms with Crippen LogP contribution in [0.25, 0.3) is 0 Å². The SMILES string of the molecule is CC(=O)c1cc(C(=O)C(C)(C)C)ccc1C(=O)C(C)C. The van der Waals surface area contributed by atoms with Crippen LogP contribution in [0.15, 0.2) is 18.2 Å². The summed E-state index contributed by atoms with van der Waals surface area (Å²) in [5.74, 6) is -0.497. The molecule has 0 aliphatic heterocycles. The average Bonchev–Trinajstić information content (AvgIpc) is 2.34. The first-order chi connectivity index (χ1) is 9.05. The molecule has 0 unspecified atom stereocenters. The summed E-state index contributed by atoms with van der Waals surface area (Å²) in [7, 11) is 0. The first-order valence-corrected chi connectivity index (χ1v) is 6.79. The Morgan fingerprint density at radius 1 is 1.00 bits per heavy atom. The number of ketones is 3. The van der Waals surface area contributed by atoms with E-state index in [0.717, 1.165) is 0 Å². The molecule has 0 amide bonds. The van der Waals surface area contributed by atoms with Gasteiger partial charge in [0.2, 0.25) is 0 Å². The maximum atomic E-state index is 12.3. The van der Waals surface area contributed by atoms with Crippen LogP contribution in [-0.4, -0.2) is 17.3 Å². The maximum Gasteiger partial charge on any atom is 0.168 e. The maximum absolute atomic E-state index is 12.3. The molecule has 0 bridgehead atoms. The van der Waals surface area contributed by atoms with E-state index in [4.69, 9.17) is 0 Å². The number of carbonyl (C=O) groups is 3. The minimum absolute atomic E-state index is 0.0384. The van der Waals surface area contributed by atoms with Gasteiger partial charge in [0.1, 0.15) is 0 Å². The summed E-state index contributed by atoms with van der Waals surface area (Å²) in [5.41, 5.74) is 0.692. The van der Waals surface area contributed by atoms with E-state index in [0.29, 0.717) is 16.7 Å². The zero-order valence-electron chi connectivity index (χ0n) is 13.0. The second-order valence-corrected chi connectivity index (χ2v) is 6.41. The predicted molar refractivity (Wildman–Crippen MR) is 79.4 cm³/mol. The van der Waals surface area contributed by atoms with E-state index in [-0.39, 0.29) is 23.3 Å². The fourth-order valence-corrected chi connectivity index (χ4v) is 1.94. The minimum atomic E-state index is -0.516. The van der Waals surface area contributed by atoms with Gasteiger partial charge in [-0.25, -0.2) is 0 Å². The van der Waals surface area contributed by atoms with Crippen LogP contribution in [0.5, 0.6) is 0 Å². The first kappa shape index (κ1) is 16.3. The third-order valence-electron chi connectivity index (χ3n) is 3.13. The van der Waals surface area contributed by atoms with Crippen molar-refractivity contribution in [1.82, 2.24) is 0 Å². The lowest BCUT2D eigenvalue weighted by molar-refractivity contribution is 0.0857. The second-order valence-electron chi connectivity index (χ2n) is 6.41. The van der Waals surface area contributed by atoms with Gasteiger partial charge in [0, 0.05) is 28.0 Å². The number of benzene rings is 1. The summed E-state index contributed by atoms with van der Waals surface area (Å²) < 4.78 is 0. The van der Waals surface area contributed by atoms with E-state index in [1.807, 2.05) is 20.8 Å². The normalized spacial score (nSPS) is 11.6. The Morgan fingerprint density at radius 2 is 1.55 bits per heavy atom. The number of rotatable bonds is 4. The van der Waals surface area contributed by atoms with Gasteiger partial charge < -0.3 is 0 Å². The lowest BCUT2D eigenvalue weighted by Gasteiger charge is -2.18. The van der Waals surface area contributed by atoms with E-state index in [2.05, 4.69) is 0 Å². The van der Waals surface area contributed by atoms with Gasteiger partial charge in [-0.1, -0.05) is 40.7 Å². The fourth-order valence-electron chi connectivity index (χ4n) is 1.94. The summed E-state index contributed by atoms with van der Waals surface area (Å²) in [6, 6.07) is 4.78. The highest BCUT2D eigenvalue weighted by Gasteiger charge is 2.25. The quantitative estimate of drug-likeness (QED) is 0.781. The molecule has 0 spiro atoms. The lowest BCUT2D eigenvalue weighted by atomic mass is 9.84. The van der Waals surface area contributed by atoms with Gasteiger partial charge in [-0.15, -0.1) is 0 Å². The van der Waals surface area contributed by atoms with Gasteiger partial charge in [-0.05, 0) is 19.1 Å². The molecule has 3 nitrogen and oxygen atoms in total. The van der Waals surface area contributed by atoms with Gasteiger partial charge in [-0.3, -0.25) is 14.4 Å². The molecular weight excluding hydrogens is 252 g/mol. The Bertz CT molecular complexity index is 560. The van der Waals surface area contributed by atoms with Crippen LogP contribution in [0.2, 0.25) is 0 Å². The van der Waals surface area contributed by atoms with Gasteiger partial charge in [0.05, 0.1) is 0 Å². The average molecular weight is 274 g/mol. The van der Waals surface area contributed by atoms with Crippen molar-refractivity contribution in [1.29, 1.82) is 0 Å². The molecule has 0 aliphatic carbocycles. The van der Waals surface area contributed by atoms with Crippen molar-refractivity contribution in [2.45, 2.75) is 41.5 Å². The van der Waals surface area contributed by atoms with Crippen LogP contribution < -0.4 is 0 Å². The minimum Gasteiger partial charge on any atom is -0.294 e. The van der Waals surface area contributed by atoms with Crippen LogP contribution in [-0.2, 0) is 0 Å². The predicted octanol–water partition coefficient (Wildman–Crippen LogP) is 3.96. The molecule has 0 saturated carbocycles. The number of hydrogen-bond donors (Lipinski definition) is 0. The molecular formula is C17H22O3. The van der Waals surface area contributed by atoms with E-state index < -0.39 is 5.41 Å². The smallest absolute Gasteiger partial charge is 0.168 e. The van der Waals surface area contributed by atoms with E-state index in [9.17, 15) is 14.4 Å². The second kappa shape index (κ2) is 5.70. The Kier molecular flexibility index (Phi) is 4.64. The molecule has 0 aromatic heterocycles. The van der Waals surface area contributed by atoms with Crippen molar-refractivity contribution in [2.24, 2.45) is 11.3 Å². The highest BCUT2D eigenvalue weighted by Crippen LogP contribution is 2.24. The molecule has 0 heterocycles. The van der Waals surface area contributed by atoms with Crippen LogP contribution in [0, 0.1) is 11.3 Å². The molecule has 0 aliphatic rings. The molecule has 20 heavy (non-hydrogen) atoms. The summed E-state index contributed by atoms with van der Waals surface area (Å²) in [6.45, 7) is 10.5. The van der Waals surface area contributed by atoms with Gasteiger partial charge in [0.15, 0.2) is 17.3 Å². The highest BCUT2D eigenvalue weighted by atomic mass is 16.1. The van der Waals surface area contributed by atoms with Crippen LogP contribution in [0.1, 0.15) is 72.6 Å². The number of hydrogen-bond acceptors (Lipinski definition) is 3. The zero-order valence-corrected chi connectivity index (χ0v) is 13.0. The number of Topliss-reactive ketones (excluding diaryl/α,β-unsaturated/α-hetero) is 3. The topological polar surface area (TPSA) is 51.2 Å².